The zero-order valence-corrected chi connectivity index (χ0v) is 14.1. The number of amides is 1. The maximum absolute atomic E-state index is 12.3. The zero-order chi connectivity index (χ0) is 16.3. The lowest BCUT2D eigenvalue weighted by Gasteiger charge is -2.00. The molecule has 0 aromatic carbocycles. The molecule has 1 amide bonds. The Bertz CT molecular complexity index is 702. The Balaban J connectivity index is 2.14. The van der Waals surface area contributed by atoms with Gasteiger partial charge < -0.3 is 4.98 Å². The molecule has 0 aliphatic rings. The van der Waals surface area contributed by atoms with Crippen molar-refractivity contribution in [3.63, 3.8) is 0 Å². The van der Waals surface area contributed by atoms with Crippen LogP contribution in [0.3, 0.4) is 0 Å². The molecule has 6 nitrogen and oxygen atoms in total. The number of rotatable bonds is 6. The molecule has 0 saturated heterocycles. The average molecular weight is 320 g/mol. The van der Waals surface area contributed by atoms with Crippen LogP contribution in [0.25, 0.3) is 0 Å². The van der Waals surface area contributed by atoms with E-state index in [1.807, 2.05) is 0 Å². The van der Waals surface area contributed by atoms with Crippen LogP contribution in [0, 0.1) is 13.8 Å². The van der Waals surface area contributed by atoms with Gasteiger partial charge in [-0.25, -0.2) is 0 Å². The molecule has 0 bridgehead atoms. The highest BCUT2D eigenvalue weighted by Crippen LogP contribution is 2.21. The SMILES string of the molecule is CCCCc1nnc(NC(=O)c2[nH]c(C)c(C(C)=O)c2C)s1. The van der Waals surface area contributed by atoms with Crippen molar-refractivity contribution in [3.05, 3.63) is 27.5 Å². The van der Waals surface area contributed by atoms with Crippen LogP contribution in [0.1, 0.15) is 63.8 Å². The molecular weight excluding hydrogens is 300 g/mol. The molecule has 0 aliphatic heterocycles. The van der Waals surface area contributed by atoms with E-state index in [9.17, 15) is 9.59 Å². The van der Waals surface area contributed by atoms with Crippen LogP contribution in [0.2, 0.25) is 0 Å². The number of hydrogen-bond donors (Lipinski definition) is 2. The molecule has 2 heterocycles. The Hall–Kier alpha value is -2.02. The molecule has 0 radical (unpaired) electrons. The van der Waals surface area contributed by atoms with Gasteiger partial charge >= 0.3 is 0 Å². The molecule has 0 spiro atoms. The second-order valence-corrected chi connectivity index (χ2v) is 6.30. The highest BCUT2D eigenvalue weighted by Gasteiger charge is 2.20. The monoisotopic (exact) mass is 320 g/mol. The van der Waals surface area contributed by atoms with Gasteiger partial charge in [-0.1, -0.05) is 24.7 Å². The Morgan fingerprint density at radius 2 is 2.00 bits per heavy atom. The van der Waals surface area contributed by atoms with Crippen LogP contribution >= 0.6 is 11.3 Å². The van der Waals surface area contributed by atoms with Gasteiger partial charge in [0.15, 0.2) is 5.78 Å². The van der Waals surface area contributed by atoms with E-state index in [4.69, 9.17) is 0 Å². The lowest BCUT2D eigenvalue weighted by Crippen LogP contribution is -2.13. The fourth-order valence-electron chi connectivity index (χ4n) is 2.40. The number of aromatic amines is 1. The second kappa shape index (κ2) is 6.83. The normalized spacial score (nSPS) is 10.7. The van der Waals surface area contributed by atoms with Crippen LogP contribution < -0.4 is 5.32 Å². The summed E-state index contributed by atoms with van der Waals surface area (Å²) in [6.07, 6.45) is 3.02. The van der Waals surface area contributed by atoms with Gasteiger partial charge in [-0.3, -0.25) is 14.9 Å². The third kappa shape index (κ3) is 3.41. The molecular formula is C15H20N4O2S. The van der Waals surface area contributed by atoms with Crippen molar-refractivity contribution in [1.29, 1.82) is 0 Å². The number of aromatic nitrogens is 3. The highest BCUT2D eigenvalue weighted by atomic mass is 32.1. The highest BCUT2D eigenvalue weighted by molar-refractivity contribution is 7.15. The summed E-state index contributed by atoms with van der Waals surface area (Å²) >= 11 is 1.38. The van der Waals surface area contributed by atoms with Gasteiger partial charge in [0, 0.05) is 17.7 Å². The van der Waals surface area contributed by atoms with Crippen molar-refractivity contribution < 1.29 is 9.59 Å². The summed E-state index contributed by atoms with van der Waals surface area (Å²) in [4.78, 5) is 26.9. The predicted molar refractivity (Wildman–Crippen MR) is 86.7 cm³/mol. The van der Waals surface area contributed by atoms with Gasteiger partial charge in [0.05, 0.1) is 0 Å². The number of unbranched alkanes of at least 4 members (excludes halogenated alkanes) is 1. The molecule has 0 fully saturated rings. The van der Waals surface area contributed by atoms with Gasteiger partial charge in [-0.05, 0) is 32.8 Å². The first-order chi connectivity index (χ1) is 10.4. The van der Waals surface area contributed by atoms with E-state index in [-0.39, 0.29) is 11.7 Å². The van der Waals surface area contributed by atoms with Crippen molar-refractivity contribution in [1.82, 2.24) is 15.2 Å². The first-order valence-corrected chi connectivity index (χ1v) is 8.09. The third-order valence-electron chi connectivity index (χ3n) is 3.45. The first kappa shape index (κ1) is 16.4. The number of carbonyl (C=O) groups is 2. The largest absolute Gasteiger partial charge is 0.354 e. The number of nitrogens with one attached hydrogen (secondary N) is 2. The number of H-pyrrole nitrogens is 1. The summed E-state index contributed by atoms with van der Waals surface area (Å²) in [6.45, 7) is 7.17. The Morgan fingerprint density at radius 1 is 1.27 bits per heavy atom. The van der Waals surface area contributed by atoms with E-state index in [1.54, 1.807) is 13.8 Å². The van der Waals surface area contributed by atoms with Crippen LogP contribution in [0.4, 0.5) is 5.13 Å². The van der Waals surface area contributed by atoms with Crippen molar-refractivity contribution in [3.8, 4) is 0 Å². The summed E-state index contributed by atoms with van der Waals surface area (Å²) in [5, 5.41) is 12.2. The summed E-state index contributed by atoms with van der Waals surface area (Å²) in [5.41, 5.74) is 2.34. The van der Waals surface area contributed by atoms with E-state index in [1.165, 1.54) is 18.3 Å². The molecule has 22 heavy (non-hydrogen) atoms. The summed E-state index contributed by atoms with van der Waals surface area (Å²) in [6, 6.07) is 0. The molecule has 118 valence electrons. The van der Waals surface area contributed by atoms with Gasteiger partial charge in [-0.15, -0.1) is 10.2 Å². The van der Waals surface area contributed by atoms with E-state index < -0.39 is 0 Å². The minimum absolute atomic E-state index is 0.0527. The number of hydrogen-bond acceptors (Lipinski definition) is 5. The number of aryl methyl sites for hydroxylation is 2. The van der Waals surface area contributed by atoms with E-state index in [0.29, 0.717) is 27.6 Å². The summed E-state index contributed by atoms with van der Waals surface area (Å²) < 4.78 is 0. The summed E-state index contributed by atoms with van der Waals surface area (Å²) in [7, 11) is 0. The molecule has 2 aromatic heterocycles. The quantitative estimate of drug-likeness (QED) is 0.800. The van der Waals surface area contributed by atoms with Gasteiger partial charge in [0.25, 0.3) is 5.91 Å². The predicted octanol–water partition coefficient (Wildman–Crippen LogP) is 3.28. The smallest absolute Gasteiger partial charge is 0.274 e. The molecule has 2 rings (SSSR count). The van der Waals surface area contributed by atoms with Crippen molar-refractivity contribution >= 4 is 28.2 Å². The minimum Gasteiger partial charge on any atom is -0.354 e. The standard InChI is InChI=1S/C15H20N4O2S/c1-5-6-7-11-18-19-15(22-11)17-14(21)13-8(2)12(10(4)20)9(3)16-13/h16H,5-7H2,1-4H3,(H,17,19,21). The topological polar surface area (TPSA) is 87.7 Å². The maximum atomic E-state index is 12.3. The number of nitrogens with zero attached hydrogens (tertiary/aromatic N) is 2. The maximum Gasteiger partial charge on any atom is 0.274 e. The number of carbonyl (C=O) groups excluding carboxylic acids is 2. The number of anilines is 1. The number of Topliss-reactive ketones (excluding diaryl/α,β-unsaturated/α-hetero) is 1. The van der Waals surface area contributed by atoms with E-state index in [2.05, 4.69) is 27.4 Å². The van der Waals surface area contributed by atoms with Crippen LogP contribution in [0.15, 0.2) is 0 Å². The second-order valence-electron chi connectivity index (χ2n) is 5.24. The van der Waals surface area contributed by atoms with Gasteiger partial charge in [0.2, 0.25) is 5.13 Å². The van der Waals surface area contributed by atoms with Gasteiger partial charge in [-0.2, -0.15) is 0 Å². The fraction of sp³-hybridized carbons (Fsp3) is 0.467. The lowest BCUT2D eigenvalue weighted by atomic mass is 10.1. The first-order valence-electron chi connectivity index (χ1n) is 7.27. The molecule has 0 atom stereocenters. The average Bonchev–Trinajstić information content (AvgIpc) is 3.00. The molecule has 0 aliphatic carbocycles. The molecule has 2 aromatic rings. The van der Waals surface area contributed by atoms with Crippen LogP contribution in [-0.2, 0) is 6.42 Å². The van der Waals surface area contributed by atoms with Crippen LogP contribution in [-0.4, -0.2) is 26.9 Å². The molecule has 0 saturated carbocycles. The van der Waals surface area contributed by atoms with E-state index in [0.717, 1.165) is 24.3 Å². The van der Waals surface area contributed by atoms with Gasteiger partial charge in [0.1, 0.15) is 10.7 Å². The minimum atomic E-state index is -0.300. The van der Waals surface area contributed by atoms with Crippen molar-refractivity contribution in [2.75, 3.05) is 5.32 Å². The third-order valence-corrected chi connectivity index (χ3v) is 4.35. The van der Waals surface area contributed by atoms with Crippen molar-refractivity contribution in [2.45, 2.75) is 47.0 Å². The van der Waals surface area contributed by atoms with E-state index >= 15 is 0 Å². The van der Waals surface area contributed by atoms with Crippen molar-refractivity contribution in [2.24, 2.45) is 0 Å². The summed E-state index contributed by atoms with van der Waals surface area (Å²) in [5.74, 6) is -0.352. The number of ketones is 1. The zero-order valence-electron chi connectivity index (χ0n) is 13.2. The Kier molecular flexibility index (Phi) is 5.07. The fourth-order valence-corrected chi connectivity index (χ4v) is 3.17. The molecule has 0 unspecified atom stereocenters. The Morgan fingerprint density at radius 3 is 2.59 bits per heavy atom. The van der Waals surface area contributed by atoms with Crippen LogP contribution in [0.5, 0.6) is 0 Å². The molecule has 2 N–H and O–H groups in total. The lowest BCUT2D eigenvalue weighted by molar-refractivity contribution is 0.101. The molecule has 7 heteroatoms. The Labute approximate surface area is 133 Å².